The van der Waals surface area contributed by atoms with Gasteiger partial charge in [0.1, 0.15) is 4.83 Å². The van der Waals surface area contributed by atoms with Gasteiger partial charge >= 0.3 is 6.18 Å². The van der Waals surface area contributed by atoms with E-state index in [4.69, 9.17) is 4.74 Å². The zero-order chi connectivity index (χ0) is 12.6. The number of alkyl halides is 4. The average Bonchev–Trinajstić information content (AvgIpc) is 2.21. The van der Waals surface area contributed by atoms with Crippen molar-refractivity contribution in [3.63, 3.8) is 0 Å². The number of rotatable bonds is 8. The molecule has 0 saturated heterocycles. The van der Waals surface area contributed by atoms with Gasteiger partial charge in [0.15, 0.2) is 0 Å². The van der Waals surface area contributed by atoms with Crippen molar-refractivity contribution in [1.29, 1.82) is 0 Å². The quantitative estimate of drug-likeness (QED) is 0.598. The summed E-state index contributed by atoms with van der Waals surface area (Å²) in [6, 6.07) is 0. The van der Waals surface area contributed by atoms with Gasteiger partial charge in [-0.2, -0.15) is 13.2 Å². The fraction of sp³-hybridized carbons (Fsp3) is 1.00. The summed E-state index contributed by atoms with van der Waals surface area (Å²) in [6.45, 7) is 4.27. The molecule has 0 fully saturated rings. The van der Waals surface area contributed by atoms with E-state index >= 15 is 0 Å². The molecule has 0 N–H and O–H groups in total. The molecule has 5 heteroatoms. The van der Waals surface area contributed by atoms with Crippen LogP contribution >= 0.6 is 15.9 Å². The Balaban J connectivity index is 3.69. The highest BCUT2D eigenvalue weighted by atomic mass is 79.9. The minimum absolute atomic E-state index is 0.299. The van der Waals surface area contributed by atoms with Crippen molar-refractivity contribution in [3.8, 4) is 0 Å². The largest absolute Gasteiger partial charge is 0.403 e. The van der Waals surface area contributed by atoms with Crippen LogP contribution in [0.4, 0.5) is 13.2 Å². The molecule has 1 nitrogen and oxygen atoms in total. The first-order valence-corrected chi connectivity index (χ1v) is 6.61. The van der Waals surface area contributed by atoms with Crippen molar-refractivity contribution < 1.29 is 17.9 Å². The van der Waals surface area contributed by atoms with E-state index in [9.17, 15) is 13.2 Å². The Morgan fingerprint density at radius 1 is 1.19 bits per heavy atom. The third kappa shape index (κ3) is 7.49. The highest BCUT2D eigenvalue weighted by Gasteiger charge is 2.37. The SMILES string of the molecule is CCCCC(CC)COCC(Br)C(F)(F)F. The highest BCUT2D eigenvalue weighted by molar-refractivity contribution is 9.09. The third-order valence-electron chi connectivity index (χ3n) is 2.52. The molecule has 0 saturated carbocycles. The Hall–Kier alpha value is 0.230. The van der Waals surface area contributed by atoms with Crippen molar-refractivity contribution in [2.24, 2.45) is 5.92 Å². The number of ether oxygens (including phenoxy) is 1. The molecule has 0 aliphatic heterocycles. The molecule has 0 radical (unpaired) electrons. The predicted molar refractivity (Wildman–Crippen MR) is 62.9 cm³/mol. The second-order valence-corrected chi connectivity index (χ2v) is 5.07. The van der Waals surface area contributed by atoms with Gasteiger partial charge in [0.05, 0.1) is 6.61 Å². The minimum atomic E-state index is -4.22. The molecule has 0 aromatic heterocycles. The van der Waals surface area contributed by atoms with Crippen molar-refractivity contribution in [1.82, 2.24) is 0 Å². The van der Waals surface area contributed by atoms with Gasteiger partial charge in [0.25, 0.3) is 0 Å². The fourth-order valence-electron chi connectivity index (χ4n) is 1.33. The predicted octanol–water partition coefficient (Wildman–Crippen LogP) is 4.55. The smallest absolute Gasteiger partial charge is 0.380 e. The van der Waals surface area contributed by atoms with Gasteiger partial charge in [0.2, 0.25) is 0 Å². The van der Waals surface area contributed by atoms with Crippen LogP contribution in [-0.2, 0) is 4.74 Å². The summed E-state index contributed by atoms with van der Waals surface area (Å²) in [7, 11) is 0. The Bertz CT molecular complexity index is 173. The van der Waals surface area contributed by atoms with Gasteiger partial charge in [-0.15, -0.1) is 0 Å². The average molecular weight is 305 g/mol. The molecule has 0 heterocycles. The van der Waals surface area contributed by atoms with Crippen LogP contribution in [0, 0.1) is 5.92 Å². The normalized spacial score (nSPS) is 16.1. The van der Waals surface area contributed by atoms with Crippen LogP contribution in [-0.4, -0.2) is 24.2 Å². The second kappa shape index (κ2) is 8.34. The second-order valence-electron chi connectivity index (χ2n) is 3.96. The monoisotopic (exact) mass is 304 g/mol. The number of hydrogen-bond acceptors (Lipinski definition) is 1. The molecule has 0 aromatic carbocycles. The molecular weight excluding hydrogens is 285 g/mol. The molecule has 0 amide bonds. The zero-order valence-corrected chi connectivity index (χ0v) is 11.4. The number of halogens is 4. The van der Waals surface area contributed by atoms with Crippen LogP contribution in [0.3, 0.4) is 0 Å². The van der Waals surface area contributed by atoms with E-state index in [1.807, 2.05) is 6.92 Å². The molecule has 0 spiro atoms. The van der Waals surface area contributed by atoms with E-state index in [2.05, 4.69) is 22.9 Å². The molecular formula is C11H20BrF3O. The standard InChI is InChI=1S/C11H20BrF3O/c1-3-5-6-9(4-2)7-16-8-10(12)11(13,14)15/h9-10H,3-8H2,1-2H3. The molecule has 0 aromatic rings. The van der Waals surface area contributed by atoms with Crippen LogP contribution in [0.25, 0.3) is 0 Å². The molecule has 98 valence electrons. The third-order valence-corrected chi connectivity index (χ3v) is 3.30. The lowest BCUT2D eigenvalue weighted by Crippen LogP contribution is -2.28. The maximum absolute atomic E-state index is 12.1. The lowest BCUT2D eigenvalue weighted by molar-refractivity contribution is -0.138. The van der Waals surface area contributed by atoms with E-state index in [-0.39, 0.29) is 6.61 Å². The summed E-state index contributed by atoms with van der Waals surface area (Å²) in [4.78, 5) is -1.55. The number of hydrogen-bond donors (Lipinski definition) is 0. The molecule has 0 aliphatic rings. The van der Waals surface area contributed by atoms with Crippen LogP contribution in [0.2, 0.25) is 0 Å². The molecule has 2 unspecified atom stereocenters. The Kier molecular flexibility index (Phi) is 8.46. The van der Waals surface area contributed by atoms with Crippen molar-refractivity contribution >= 4 is 15.9 Å². The summed E-state index contributed by atoms with van der Waals surface area (Å²) in [5.74, 6) is 0.382. The van der Waals surface area contributed by atoms with Gasteiger partial charge in [-0.05, 0) is 12.3 Å². The summed E-state index contributed by atoms with van der Waals surface area (Å²) >= 11 is 2.57. The lowest BCUT2D eigenvalue weighted by atomic mass is 10.0. The Morgan fingerprint density at radius 3 is 2.25 bits per heavy atom. The lowest BCUT2D eigenvalue weighted by Gasteiger charge is -2.18. The maximum Gasteiger partial charge on any atom is 0.403 e. The van der Waals surface area contributed by atoms with Gasteiger partial charge in [-0.3, -0.25) is 0 Å². The molecule has 16 heavy (non-hydrogen) atoms. The van der Waals surface area contributed by atoms with Gasteiger partial charge in [0, 0.05) is 6.61 Å². The van der Waals surface area contributed by atoms with Gasteiger partial charge in [-0.1, -0.05) is 49.0 Å². The Labute approximate surface area is 104 Å². The number of unbranched alkanes of at least 4 members (excludes halogenated alkanes) is 1. The van der Waals surface area contributed by atoms with Crippen LogP contribution < -0.4 is 0 Å². The van der Waals surface area contributed by atoms with Crippen molar-refractivity contribution in [3.05, 3.63) is 0 Å². The molecule has 0 aliphatic carbocycles. The summed E-state index contributed by atoms with van der Waals surface area (Å²) in [5.41, 5.74) is 0. The van der Waals surface area contributed by atoms with E-state index in [1.54, 1.807) is 0 Å². The van der Waals surface area contributed by atoms with Crippen molar-refractivity contribution in [2.75, 3.05) is 13.2 Å². The van der Waals surface area contributed by atoms with Crippen LogP contribution in [0.5, 0.6) is 0 Å². The summed E-state index contributed by atoms with van der Waals surface area (Å²) < 4.78 is 41.5. The fourth-order valence-corrected chi connectivity index (χ4v) is 1.52. The first kappa shape index (κ1) is 16.2. The van der Waals surface area contributed by atoms with Gasteiger partial charge in [-0.25, -0.2) is 0 Å². The zero-order valence-electron chi connectivity index (χ0n) is 9.82. The van der Waals surface area contributed by atoms with Crippen LogP contribution in [0.1, 0.15) is 39.5 Å². The first-order valence-electron chi connectivity index (χ1n) is 5.70. The Morgan fingerprint density at radius 2 is 1.81 bits per heavy atom. The molecule has 2 atom stereocenters. The first-order chi connectivity index (χ1) is 7.41. The van der Waals surface area contributed by atoms with E-state index in [0.717, 1.165) is 25.7 Å². The maximum atomic E-state index is 12.1. The van der Waals surface area contributed by atoms with E-state index < -0.39 is 11.0 Å². The van der Waals surface area contributed by atoms with Gasteiger partial charge < -0.3 is 4.74 Å². The van der Waals surface area contributed by atoms with E-state index in [0.29, 0.717) is 12.5 Å². The highest BCUT2D eigenvalue weighted by Crippen LogP contribution is 2.26. The van der Waals surface area contributed by atoms with E-state index in [1.165, 1.54) is 0 Å². The summed E-state index contributed by atoms with van der Waals surface area (Å²) in [5, 5.41) is 0. The van der Waals surface area contributed by atoms with Crippen LogP contribution in [0.15, 0.2) is 0 Å². The molecule has 0 bridgehead atoms. The topological polar surface area (TPSA) is 9.23 Å². The minimum Gasteiger partial charge on any atom is -0.380 e. The van der Waals surface area contributed by atoms with Crippen molar-refractivity contribution in [2.45, 2.75) is 50.5 Å². The molecule has 0 rings (SSSR count). The summed E-state index contributed by atoms with van der Waals surface area (Å²) in [6.07, 6.45) is -0.00489.